The van der Waals surface area contributed by atoms with E-state index in [0.29, 0.717) is 0 Å². The van der Waals surface area contributed by atoms with Gasteiger partial charge in [-0.3, -0.25) is 15.0 Å². The Hall–Kier alpha value is -2.92. The van der Waals surface area contributed by atoms with E-state index < -0.39 is 0 Å². The van der Waals surface area contributed by atoms with Crippen LogP contribution in [0.3, 0.4) is 0 Å². The number of hydrogen-bond donors (Lipinski definition) is 0. The number of nitro groups is 1. The molecule has 0 bridgehead atoms. The van der Waals surface area contributed by atoms with Gasteiger partial charge < -0.3 is 4.57 Å². The molecule has 2 heterocycles. The Labute approximate surface area is 165 Å². The van der Waals surface area contributed by atoms with Crippen LogP contribution >= 0.6 is 0 Å². The summed E-state index contributed by atoms with van der Waals surface area (Å²) < 4.78 is 2.24. The van der Waals surface area contributed by atoms with Crippen LogP contribution in [0.2, 0.25) is 0 Å². The molecule has 0 N–H and O–H groups in total. The van der Waals surface area contributed by atoms with E-state index in [1.54, 1.807) is 12.1 Å². The molecule has 1 aliphatic heterocycles. The van der Waals surface area contributed by atoms with Crippen molar-refractivity contribution >= 4 is 5.69 Å². The van der Waals surface area contributed by atoms with E-state index in [1.165, 1.54) is 11.1 Å². The summed E-state index contributed by atoms with van der Waals surface area (Å²) >= 11 is 0. The summed E-state index contributed by atoms with van der Waals surface area (Å²) in [7, 11) is 0. The highest BCUT2D eigenvalue weighted by atomic mass is 16.6. The van der Waals surface area contributed by atoms with Crippen LogP contribution in [0.4, 0.5) is 5.69 Å². The summed E-state index contributed by atoms with van der Waals surface area (Å²) in [6.07, 6.45) is 4.12. The van der Waals surface area contributed by atoms with Crippen LogP contribution < -0.4 is 0 Å². The molecule has 0 radical (unpaired) electrons. The lowest BCUT2D eigenvalue weighted by Gasteiger charge is -2.30. The third kappa shape index (κ3) is 3.58. The van der Waals surface area contributed by atoms with Gasteiger partial charge in [-0.25, -0.2) is 0 Å². The monoisotopic (exact) mass is 375 g/mol. The van der Waals surface area contributed by atoms with E-state index in [0.717, 1.165) is 43.7 Å². The zero-order valence-electron chi connectivity index (χ0n) is 16.1. The maximum Gasteiger partial charge on any atom is 0.274 e. The molecule has 5 nitrogen and oxygen atoms in total. The highest BCUT2D eigenvalue weighted by Gasteiger charge is 2.32. The summed E-state index contributed by atoms with van der Waals surface area (Å²) in [5.74, 6) is 0. The first-order valence-corrected chi connectivity index (χ1v) is 9.87. The number of rotatable bonds is 5. The summed E-state index contributed by atoms with van der Waals surface area (Å²) in [6, 6.07) is 19.9. The second-order valence-corrected chi connectivity index (χ2v) is 7.34. The summed E-state index contributed by atoms with van der Waals surface area (Å²) in [5, 5.41) is 11.7. The Bertz CT molecular complexity index is 962. The number of benzene rings is 2. The lowest BCUT2D eigenvalue weighted by Crippen LogP contribution is -2.30. The van der Waals surface area contributed by atoms with Crippen molar-refractivity contribution in [3.05, 3.63) is 99.4 Å². The first kappa shape index (κ1) is 18.4. The highest BCUT2D eigenvalue weighted by molar-refractivity contribution is 5.46. The number of hydrogen-bond acceptors (Lipinski definition) is 3. The molecule has 1 atom stereocenters. The van der Waals surface area contributed by atoms with Crippen molar-refractivity contribution in [1.29, 1.82) is 0 Å². The summed E-state index contributed by atoms with van der Waals surface area (Å²) in [6.45, 7) is 4.76. The molecule has 0 amide bonds. The Balaban J connectivity index is 1.76. The molecule has 1 aliphatic rings. The molecule has 5 heteroatoms. The molecule has 0 aliphatic carbocycles. The molecule has 144 valence electrons. The van der Waals surface area contributed by atoms with Crippen LogP contribution in [0.25, 0.3) is 0 Å². The first-order valence-electron chi connectivity index (χ1n) is 9.87. The number of para-hydroxylation sites is 1. The van der Waals surface area contributed by atoms with Gasteiger partial charge in [0.2, 0.25) is 0 Å². The Morgan fingerprint density at radius 2 is 1.75 bits per heavy atom. The number of nitrogens with zero attached hydrogens (tertiary/aromatic N) is 3. The molecular weight excluding hydrogens is 350 g/mol. The number of nitro benzene ring substituents is 1. The molecule has 0 saturated carbocycles. The fourth-order valence-corrected chi connectivity index (χ4v) is 4.17. The Kier molecular flexibility index (Phi) is 5.26. The van der Waals surface area contributed by atoms with Crippen molar-refractivity contribution in [1.82, 2.24) is 9.47 Å². The average molecular weight is 375 g/mol. The zero-order valence-corrected chi connectivity index (χ0v) is 16.1. The van der Waals surface area contributed by atoms with Gasteiger partial charge in [0, 0.05) is 37.6 Å². The number of fused-ring (bicyclic) bond motifs is 1. The van der Waals surface area contributed by atoms with Gasteiger partial charge in [0.1, 0.15) is 0 Å². The van der Waals surface area contributed by atoms with E-state index in [2.05, 4.69) is 52.9 Å². The fraction of sp³-hybridized carbons (Fsp3) is 0.304. The number of aryl methyl sites for hydroxylation is 2. The molecule has 1 aromatic heterocycles. The third-order valence-corrected chi connectivity index (χ3v) is 5.60. The topological polar surface area (TPSA) is 51.3 Å². The predicted octanol–water partition coefficient (Wildman–Crippen LogP) is 4.95. The lowest BCUT2D eigenvalue weighted by atomic mass is 9.99. The van der Waals surface area contributed by atoms with Gasteiger partial charge >= 0.3 is 0 Å². The van der Waals surface area contributed by atoms with E-state index in [4.69, 9.17) is 0 Å². The molecule has 3 aromatic rings. The van der Waals surface area contributed by atoms with Gasteiger partial charge in [-0.05, 0) is 36.1 Å². The van der Waals surface area contributed by atoms with Crippen molar-refractivity contribution in [2.45, 2.75) is 38.9 Å². The van der Waals surface area contributed by atoms with Crippen LogP contribution in [0.5, 0.6) is 0 Å². The minimum atomic E-state index is -0.262. The number of aromatic nitrogens is 1. The Morgan fingerprint density at radius 1 is 1.00 bits per heavy atom. The van der Waals surface area contributed by atoms with E-state index in [1.807, 2.05) is 18.2 Å². The van der Waals surface area contributed by atoms with E-state index in [-0.39, 0.29) is 16.7 Å². The average Bonchev–Trinajstić information content (AvgIpc) is 3.10. The molecule has 0 fully saturated rings. The maximum atomic E-state index is 11.7. The second-order valence-electron chi connectivity index (χ2n) is 7.34. The SMILES string of the molecule is CCc1ccc(CN2CCCn3cccc3[C@@H]2c2ccccc2[N+](=O)[O-])cc1. The first-order chi connectivity index (χ1) is 13.7. The largest absolute Gasteiger partial charge is 0.350 e. The predicted molar refractivity (Wildman–Crippen MR) is 110 cm³/mol. The van der Waals surface area contributed by atoms with Crippen LogP contribution in [0.15, 0.2) is 66.9 Å². The van der Waals surface area contributed by atoms with Crippen molar-refractivity contribution in [2.75, 3.05) is 6.54 Å². The van der Waals surface area contributed by atoms with Crippen molar-refractivity contribution in [3.8, 4) is 0 Å². The van der Waals surface area contributed by atoms with Gasteiger partial charge in [0.05, 0.1) is 16.5 Å². The molecule has 0 unspecified atom stereocenters. The smallest absolute Gasteiger partial charge is 0.274 e. The normalized spacial score (nSPS) is 17.1. The summed E-state index contributed by atoms with van der Waals surface area (Å²) in [5.41, 5.74) is 4.63. The van der Waals surface area contributed by atoms with E-state index >= 15 is 0 Å². The van der Waals surface area contributed by atoms with E-state index in [9.17, 15) is 10.1 Å². The van der Waals surface area contributed by atoms with Crippen LogP contribution in [-0.2, 0) is 19.5 Å². The van der Waals surface area contributed by atoms with Crippen molar-refractivity contribution in [2.24, 2.45) is 0 Å². The molecule has 4 rings (SSSR count). The summed E-state index contributed by atoms with van der Waals surface area (Å²) in [4.78, 5) is 13.8. The second kappa shape index (κ2) is 7.98. The standard InChI is InChI=1S/C23H25N3O2/c1-2-18-10-12-19(13-11-18)17-25-16-6-15-24-14-5-9-22(24)23(25)20-7-3-4-8-21(20)26(27)28/h3-5,7-14,23H,2,6,15-17H2,1H3/t23-/m0/s1. The lowest BCUT2D eigenvalue weighted by molar-refractivity contribution is -0.385. The minimum Gasteiger partial charge on any atom is -0.350 e. The maximum absolute atomic E-state index is 11.7. The van der Waals surface area contributed by atoms with Crippen LogP contribution in [-0.4, -0.2) is 20.9 Å². The van der Waals surface area contributed by atoms with Gasteiger partial charge in [-0.2, -0.15) is 0 Å². The highest BCUT2D eigenvalue weighted by Crippen LogP contribution is 2.37. The van der Waals surface area contributed by atoms with Crippen LogP contribution in [0.1, 0.15) is 41.8 Å². The molecule has 28 heavy (non-hydrogen) atoms. The van der Waals surface area contributed by atoms with Gasteiger partial charge in [0.15, 0.2) is 0 Å². The Morgan fingerprint density at radius 3 is 2.50 bits per heavy atom. The zero-order chi connectivity index (χ0) is 19.5. The minimum absolute atomic E-state index is 0.134. The van der Waals surface area contributed by atoms with Crippen molar-refractivity contribution < 1.29 is 4.92 Å². The van der Waals surface area contributed by atoms with Crippen LogP contribution in [0, 0.1) is 10.1 Å². The molecule has 0 spiro atoms. The fourth-order valence-electron chi connectivity index (χ4n) is 4.17. The molecular formula is C23H25N3O2. The molecule has 0 saturated heterocycles. The van der Waals surface area contributed by atoms with Gasteiger partial charge in [-0.15, -0.1) is 0 Å². The van der Waals surface area contributed by atoms with Gasteiger partial charge in [0.25, 0.3) is 5.69 Å². The van der Waals surface area contributed by atoms with Crippen molar-refractivity contribution in [3.63, 3.8) is 0 Å². The van der Waals surface area contributed by atoms with Gasteiger partial charge in [-0.1, -0.05) is 49.4 Å². The quantitative estimate of drug-likeness (QED) is 0.468. The third-order valence-electron chi connectivity index (χ3n) is 5.60. The molecule has 2 aromatic carbocycles.